The van der Waals surface area contributed by atoms with E-state index in [0.29, 0.717) is 25.1 Å². The second kappa shape index (κ2) is 6.99. The summed E-state index contributed by atoms with van der Waals surface area (Å²) in [5.74, 6) is 0.211. The normalized spacial score (nSPS) is 19.0. The average Bonchev–Trinajstić information content (AvgIpc) is 2.40. The number of piperidine rings is 1. The summed E-state index contributed by atoms with van der Waals surface area (Å²) in [4.78, 5) is 11.1. The summed E-state index contributed by atoms with van der Waals surface area (Å²) >= 11 is 3.31. The number of ether oxygens (including phenoxy) is 1. The first kappa shape index (κ1) is 15.2. The number of hydrogen-bond acceptors (Lipinski definition) is 3. The van der Waals surface area contributed by atoms with Crippen LogP contribution in [0.4, 0.5) is 8.78 Å². The minimum absolute atomic E-state index is 0.0484. The Balaban J connectivity index is 1.97. The molecule has 1 aromatic carbocycles. The fourth-order valence-corrected chi connectivity index (χ4v) is 2.47. The molecule has 0 saturated carbocycles. The van der Waals surface area contributed by atoms with Crippen molar-refractivity contribution in [3.63, 3.8) is 0 Å². The van der Waals surface area contributed by atoms with E-state index in [1.54, 1.807) is 12.1 Å². The molecule has 7 heteroatoms. The highest BCUT2D eigenvalue weighted by atomic mass is 79.9. The van der Waals surface area contributed by atoms with Crippen molar-refractivity contribution in [3.05, 3.63) is 28.2 Å². The molecule has 0 radical (unpaired) electrons. The molecule has 1 atom stereocenters. The van der Waals surface area contributed by atoms with Crippen LogP contribution in [0.3, 0.4) is 0 Å². The van der Waals surface area contributed by atoms with E-state index in [0.717, 1.165) is 10.9 Å². The molecule has 1 unspecified atom stereocenters. The first-order valence-corrected chi connectivity index (χ1v) is 7.07. The zero-order chi connectivity index (χ0) is 14.5. The van der Waals surface area contributed by atoms with Crippen LogP contribution in [0.2, 0.25) is 0 Å². The van der Waals surface area contributed by atoms with Crippen LogP contribution < -0.4 is 15.4 Å². The lowest BCUT2D eigenvalue weighted by Crippen LogP contribution is -2.45. The summed E-state index contributed by atoms with van der Waals surface area (Å²) in [5.41, 5.74) is 0.650. The molecule has 0 bridgehead atoms. The third-order valence-electron chi connectivity index (χ3n) is 3.09. The molecule has 110 valence electrons. The van der Waals surface area contributed by atoms with Gasteiger partial charge < -0.3 is 15.4 Å². The van der Waals surface area contributed by atoms with Crippen LogP contribution in [-0.2, 0) is 11.3 Å². The Labute approximate surface area is 124 Å². The Morgan fingerprint density at radius 1 is 1.50 bits per heavy atom. The number of amides is 1. The molecule has 0 aliphatic carbocycles. The van der Waals surface area contributed by atoms with Crippen LogP contribution in [0, 0.1) is 0 Å². The highest BCUT2D eigenvalue weighted by molar-refractivity contribution is 9.10. The van der Waals surface area contributed by atoms with Gasteiger partial charge in [-0.15, -0.1) is 0 Å². The SMILES string of the molecule is O=C1CCC(NCc2cc(Br)ccc2OC(F)F)CN1. The molecular weight excluding hydrogens is 334 g/mol. The number of nitrogens with one attached hydrogen (secondary N) is 2. The average molecular weight is 349 g/mol. The second-order valence-electron chi connectivity index (χ2n) is 4.55. The minimum atomic E-state index is -2.84. The van der Waals surface area contributed by atoms with Crippen molar-refractivity contribution in [2.75, 3.05) is 6.54 Å². The van der Waals surface area contributed by atoms with Gasteiger partial charge in [-0.3, -0.25) is 4.79 Å². The lowest BCUT2D eigenvalue weighted by Gasteiger charge is -2.24. The molecule has 2 rings (SSSR count). The third kappa shape index (κ3) is 4.42. The van der Waals surface area contributed by atoms with Crippen molar-refractivity contribution in [2.45, 2.75) is 32.0 Å². The van der Waals surface area contributed by atoms with Gasteiger partial charge in [0.05, 0.1) is 0 Å². The van der Waals surface area contributed by atoms with Gasteiger partial charge in [-0.05, 0) is 24.6 Å². The molecule has 1 saturated heterocycles. The van der Waals surface area contributed by atoms with E-state index in [4.69, 9.17) is 0 Å². The topological polar surface area (TPSA) is 50.4 Å². The summed E-state index contributed by atoms with van der Waals surface area (Å²) in [7, 11) is 0. The molecule has 0 aromatic heterocycles. The van der Waals surface area contributed by atoms with E-state index in [9.17, 15) is 13.6 Å². The van der Waals surface area contributed by atoms with Crippen LogP contribution in [0.5, 0.6) is 5.75 Å². The van der Waals surface area contributed by atoms with Gasteiger partial charge in [0, 0.05) is 35.6 Å². The van der Waals surface area contributed by atoms with Crippen LogP contribution in [-0.4, -0.2) is 25.1 Å². The molecule has 0 spiro atoms. The Hall–Kier alpha value is -1.21. The Morgan fingerprint density at radius 3 is 2.95 bits per heavy atom. The Kier molecular flexibility index (Phi) is 5.31. The van der Waals surface area contributed by atoms with E-state index >= 15 is 0 Å². The van der Waals surface area contributed by atoms with Gasteiger partial charge in [0.15, 0.2) is 0 Å². The van der Waals surface area contributed by atoms with E-state index in [1.807, 2.05) is 0 Å². The monoisotopic (exact) mass is 348 g/mol. The quantitative estimate of drug-likeness (QED) is 0.859. The van der Waals surface area contributed by atoms with Crippen LogP contribution in [0.25, 0.3) is 0 Å². The summed E-state index contributed by atoms with van der Waals surface area (Å²) in [6, 6.07) is 5.05. The van der Waals surface area contributed by atoms with Crippen molar-refractivity contribution in [2.24, 2.45) is 0 Å². The molecule has 20 heavy (non-hydrogen) atoms. The number of hydrogen-bond donors (Lipinski definition) is 2. The summed E-state index contributed by atoms with van der Waals surface area (Å²) in [5, 5.41) is 6.00. The van der Waals surface area contributed by atoms with Gasteiger partial charge >= 0.3 is 6.61 Å². The lowest BCUT2D eigenvalue weighted by atomic mass is 10.1. The largest absolute Gasteiger partial charge is 0.434 e. The number of halogens is 3. The molecule has 1 aromatic rings. The zero-order valence-electron chi connectivity index (χ0n) is 10.7. The summed E-state index contributed by atoms with van der Waals surface area (Å²) < 4.78 is 30.0. The Morgan fingerprint density at radius 2 is 2.30 bits per heavy atom. The van der Waals surface area contributed by atoms with Gasteiger partial charge in [0.1, 0.15) is 5.75 Å². The summed E-state index contributed by atoms with van der Waals surface area (Å²) in [6.45, 7) is -1.89. The molecule has 1 aliphatic heterocycles. The van der Waals surface area contributed by atoms with Gasteiger partial charge in [-0.1, -0.05) is 15.9 Å². The zero-order valence-corrected chi connectivity index (χ0v) is 12.3. The maximum absolute atomic E-state index is 12.3. The first-order valence-electron chi connectivity index (χ1n) is 6.28. The number of alkyl halides is 2. The maximum Gasteiger partial charge on any atom is 0.387 e. The van der Waals surface area contributed by atoms with Gasteiger partial charge in [-0.2, -0.15) is 8.78 Å². The molecule has 1 aliphatic rings. The van der Waals surface area contributed by atoms with E-state index in [-0.39, 0.29) is 17.7 Å². The second-order valence-corrected chi connectivity index (χ2v) is 5.47. The van der Waals surface area contributed by atoms with Crippen molar-refractivity contribution in [1.82, 2.24) is 10.6 Å². The van der Waals surface area contributed by atoms with Gasteiger partial charge in [0.25, 0.3) is 0 Å². The third-order valence-corrected chi connectivity index (χ3v) is 3.58. The molecule has 2 N–H and O–H groups in total. The first-order chi connectivity index (χ1) is 9.54. The molecule has 1 heterocycles. The van der Waals surface area contributed by atoms with Gasteiger partial charge in [-0.25, -0.2) is 0 Å². The molecule has 4 nitrogen and oxygen atoms in total. The number of carbonyl (C=O) groups excluding carboxylic acids is 1. The predicted molar refractivity (Wildman–Crippen MR) is 73.6 cm³/mol. The number of carbonyl (C=O) groups is 1. The Bertz CT molecular complexity index is 475. The maximum atomic E-state index is 12.3. The minimum Gasteiger partial charge on any atom is -0.434 e. The van der Waals surface area contributed by atoms with Crippen molar-refractivity contribution in [1.29, 1.82) is 0 Å². The van der Waals surface area contributed by atoms with E-state index < -0.39 is 6.61 Å². The van der Waals surface area contributed by atoms with Crippen molar-refractivity contribution < 1.29 is 18.3 Å². The van der Waals surface area contributed by atoms with Crippen molar-refractivity contribution >= 4 is 21.8 Å². The van der Waals surface area contributed by atoms with Crippen molar-refractivity contribution in [3.8, 4) is 5.75 Å². The predicted octanol–water partition coefficient (Wildman–Crippen LogP) is 2.42. The van der Waals surface area contributed by atoms with E-state index in [2.05, 4.69) is 31.3 Å². The molecular formula is C13H15BrF2N2O2. The summed E-state index contributed by atoms with van der Waals surface area (Å²) in [6.07, 6.45) is 1.22. The standard InChI is InChI=1S/C13H15BrF2N2O2/c14-9-1-3-11(20-13(15)16)8(5-9)6-17-10-2-4-12(19)18-7-10/h1,3,5,10,13,17H,2,4,6-7H2,(H,18,19). The highest BCUT2D eigenvalue weighted by Crippen LogP contribution is 2.25. The fraction of sp³-hybridized carbons (Fsp3) is 0.462. The number of benzene rings is 1. The molecule has 1 amide bonds. The van der Waals surface area contributed by atoms with Crippen LogP contribution in [0.1, 0.15) is 18.4 Å². The van der Waals surface area contributed by atoms with E-state index in [1.165, 1.54) is 6.07 Å². The van der Waals surface area contributed by atoms with Crippen LogP contribution >= 0.6 is 15.9 Å². The smallest absolute Gasteiger partial charge is 0.387 e. The fourth-order valence-electron chi connectivity index (χ4n) is 2.06. The molecule has 1 fully saturated rings. The van der Waals surface area contributed by atoms with Gasteiger partial charge in [0.2, 0.25) is 5.91 Å². The van der Waals surface area contributed by atoms with Crippen LogP contribution in [0.15, 0.2) is 22.7 Å². The lowest BCUT2D eigenvalue weighted by molar-refractivity contribution is -0.122. The number of rotatable bonds is 5. The highest BCUT2D eigenvalue weighted by Gasteiger charge is 2.18.